The van der Waals surface area contributed by atoms with Gasteiger partial charge >= 0.3 is 5.97 Å². The molecular weight excluding hydrogens is 306 g/mol. The lowest BCUT2D eigenvalue weighted by molar-refractivity contribution is -0.383. The Bertz CT molecular complexity index is 782. The standard InChI is InChI=1S/C14H15N3O6/c1-23-14(20)11(5-6-12(15)18)16-7-9-8(13(16)19)3-2-4-10(9)17(21)22/h2-4,7,11,19H,5-6H2,1H3,(H2,15,18). The molecule has 23 heavy (non-hydrogen) atoms. The number of primary amides is 1. The molecule has 1 heterocycles. The number of methoxy groups -OCH3 is 1. The minimum atomic E-state index is -1.01. The number of nitro groups is 1. The maximum atomic E-state index is 11.9. The summed E-state index contributed by atoms with van der Waals surface area (Å²) < 4.78 is 5.83. The fourth-order valence-electron chi connectivity index (χ4n) is 2.41. The molecule has 122 valence electrons. The monoisotopic (exact) mass is 321 g/mol. The lowest BCUT2D eigenvalue weighted by Gasteiger charge is -2.16. The first kappa shape index (κ1) is 16.3. The van der Waals surface area contributed by atoms with Gasteiger partial charge in [-0.05, 0) is 12.5 Å². The lowest BCUT2D eigenvalue weighted by atomic mass is 10.1. The normalized spacial score (nSPS) is 12.0. The first-order chi connectivity index (χ1) is 10.9. The van der Waals surface area contributed by atoms with Gasteiger partial charge in [0.15, 0.2) is 5.88 Å². The number of benzene rings is 1. The zero-order chi connectivity index (χ0) is 17.1. The number of non-ortho nitro benzene ring substituents is 1. The molecule has 0 saturated heterocycles. The molecule has 0 aliphatic heterocycles. The molecule has 0 fully saturated rings. The largest absolute Gasteiger partial charge is 0.494 e. The zero-order valence-electron chi connectivity index (χ0n) is 12.3. The molecule has 9 nitrogen and oxygen atoms in total. The van der Waals surface area contributed by atoms with Crippen molar-refractivity contribution in [1.29, 1.82) is 0 Å². The Balaban J connectivity index is 2.57. The van der Waals surface area contributed by atoms with Crippen molar-refractivity contribution in [3.05, 3.63) is 34.5 Å². The summed E-state index contributed by atoms with van der Waals surface area (Å²) in [6, 6.07) is 3.21. The third kappa shape index (κ3) is 3.07. The molecule has 2 aromatic rings. The van der Waals surface area contributed by atoms with Gasteiger partial charge in [-0.2, -0.15) is 0 Å². The van der Waals surface area contributed by atoms with Crippen LogP contribution in [0.1, 0.15) is 18.9 Å². The second-order valence-corrected chi connectivity index (χ2v) is 4.90. The topological polar surface area (TPSA) is 138 Å². The van der Waals surface area contributed by atoms with E-state index in [2.05, 4.69) is 4.74 Å². The van der Waals surface area contributed by atoms with E-state index in [-0.39, 0.29) is 35.2 Å². The van der Waals surface area contributed by atoms with Crippen molar-refractivity contribution < 1.29 is 24.4 Å². The average Bonchev–Trinajstić information content (AvgIpc) is 2.84. The van der Waals surface area contributed by atoms with Crippen LogP contribution in [0.2, 0.25) is 0 Å². The van der Waals surface area contributed by atoms with E-state index in [1.807, 2.05) is 0 Å². The van der Waals surface area contributed by atoms with Crippen molar-refractivity contribution in [2.24, 2.45) is 5.73 Å². The van der Waals surface area contributed by atoms with Gasteiger partial charge in [0.2, 0.25) is 5.91 Å². The number of nitro benzene ring substituents is 1. The summed E-state index contributed by atoms with van der Waals surface area (Å²) in [5, 5.41) is 21.8. The highest BCUT2D eigenvalue weighted by Crippen LogP contribution is 2.36. The molecular formula is C14H15N3O6. The van der Waals surface area contributed by atoms with Gasteiger partial charge in [0.05, 0.1) is 22.8 Å². The SMILES string of the molecule is COC(=O)C(CCC(N)=O)n1cc2c([N+](=O)[O-])cccc2c1O. The highest BCUT2D eigenvalue weighted by molar-refractivity contribution is 5.95. The van der Waals surface area contributed by atoms with Crippen LogP contribution in [0.25, 0.3) is 10.8 Å². The number of fused-ring (bicyclic) bond motifs is 1. The molecule has 0 aliphatic carbocycles. The number of aromatic hydroxyl groups is 1. The Labute approximate surface area is 130 Å². The Morgan fingerprint density at radius 1 is 1.43 bits per heavy atom. The number of ether oxygens (including phenoxy) is 1. The van der Waals surface area contributed by atoms with Gasteiger partial charge in [0.25, 0.3) is 5.69 Å². The molecule has 0 bridgehead atoms. The Kier molecular flexibility index (Phi) is 4.49. The highest BCUT2D eigenvalue weighted by atomic mass is 16.6. The molecule has 2 rings (SSSR count). The van der Waals surface area contributed by atoms with E-state index in [1.54, 1.807) is 0 Å². The van der Waals surface area contributed by atoms with Crippen molar-refractivity contribution in [3.63, 3.8) is 0 Å². The second-order valence-electron chi connectivity index (χ2n) is 4.90. The minimum absolute atomic E-state index is 0.00432. The number of nitrogens with two attached hydrogens (primary N) is 1. The van der Waals surface area contributed by atoms with E-state index in [9.17, 15) is 24.8 Å². The fraction of sp³-hybridized carbons (Fsp3) is 0.286. The quantitative estimate of drug-likeness (QED) is 0.466. The summed E-state index contributed by atoms with van der Waals surface area (Å²) >= 11 is 0. The maximum absolute atomic E-state index is 11.9. The smallest absolute Gasteiger partial charge is 0.328 e. The lowest BCUT2D eigenvalue weighted by Crippen LogP contribution is -2.22. The molecule has 9 heteroatoms. The number of hydrogen-bond acceptors (Lipinski definition) is 6. The summed E-state index contributed by atoms with van der Waals surface area (Å²) in [6.45, 7) is 0. The van der Waals surface area contributed by atoms with Crippen LogP contribution < -0.4 is 5.73 Å². The van der Waals surface area contributed by atoms with Crippen molar-refractivity contribution >= 4 is 28.3 Å². The molecule has 0 saturated carbocycles. The van der Waals surface area contributed by atoms with E-state index in [0.29, 0.717) is 0 Å². The van der Waals surface area contributed by atoms with Crippen molar-refractivity contribution in [1.82, 2.24) is 4.57 Å². The Hall–Kier alpha value is -3.10. The number of nitrogens with zero attached hydrogens (tertiary/aromatic N) is 2. The van der Waals surface area contributed by atoms with Gasteiger partial charge in [0, 0.05) is 18.7 Å². The molecule has 0 radical (unpaired) electrons. The molecule has 0 aliphatic rings. The number of hydrogen-bond donors (Lipinski definition) is 2. The van der Waals surface area contributed by atoms with Crippen molar-refractivity contribution in [2.45, 2.75) is 18.9 Å². The van der Waals surface area contributed by atoms with Gasteiger partial charge < -0.3 is 20.1 Å². The highest BCUT2D eigenvalue weighted by Gasteiger charge is 2.27. The van der Waals surface area contributed by atoms with Gasteiger partial charge in [-0.1, -0.05) is 6.07 Å². The molecule has 1 unspecified atom stereocenters. The Morgan fingerprint density at radius 2 is 2.13 bits per heavy atom. The van der Waals surface area contributed by atoms with Crippen LogP contribution in [-0.2, 0) is 14.3 Å². The first-order valence-corrected chi connectivity index (χ1v) is 6.69. The van der Waals surface area contributed by atoms with Gasteiger partial charge in [-0.25, -0.2) is 4.79 Å². The summed E-state index contributed by atoms with van der Waals surface area (Å²) in [4.78, 5) is 33.4. The predicted octanol–water partition coefficient (Wildman–Crippen LogP) is 1.23. The van der Waals surface area contributed by atoms with E-state index < -0.39 is 22.8 Å². The first-order valence-electron chi connectivity index (χ1n) is 6.69. The number of esters is 1. The van der Waals surface area contributed by atoms with Gasteiger partial charge in [-0.15, -0.1) is 0 Å². The molecule has 1 atom stereocenters. The Morgan fingerprint density at radius 3 is 2.70 bits per heavy atom. The average molecular weight is 321 g/mol. The van der Waals surface area contributed by atoms with E-state index in [1.165, 1.54) is 31.5 Å². The van der Waals surface area contributed by atoms with Crippen LogP contribution >= 0.6 is 0 Å². The van der Waals surface area contributed by atoms with Gasteiger partial charge in [0.1, 0.15) is 6.04 Å². The van der Waals surface area contributed by atoms with Crippen LogP contribution in [0.5, 0.6) is 5.88 Å². The summed E-state index contributed by atoms with van der Waals surface area (Å²) in [7, 11) is 1.17. The van der Waals surface area contributed by atoms with Crippen LogP contribution in [0, 0.1) is 10.1 Å². The molecule has 1 aromatic heterocycles. The second kappa shape index (κ2) is 6.34. The van der Waals surface area contributed by atoms with Crippen molar-refractivity contribution in [3.8, 4) is 5.88 Å². The summed E-state index contributed by atoms with van der Waals surface area (Å²) in [6.07, 6.45) is 1.20. The van der Waals surface area contributed by atoms with Crippen LogP contribution in [0.4, 0.5) is 5.69 Å². The molecule has 1 aromatic carbocycles. The maximum Gasteiger partial charge on any atom is 0.328 e. The van der Waals surface area contributed by atoms with E-state index in [0.717, 1.165) is 4.57 Å². The van der Waals surface area contributed by atoms with Gasteiger partial charge in [-0.3, -0.25) is 14.9 Å². The minimum Gasteiger partial charge on any atom is -0.494 e. The third-order valence-electron chi connectivity index (χ3n) is 3.51. The van der Waals surface area contributed by atoms with E-state index in [4.69, 9.17) is 5.73 Å². The van der Waals surface area contributed by atoms with E-state index >= 15 is 0 Å². The number of carbonyl (C=O) groups excluding carboxylic acids is 2. The number of amides is 1. The summed E-state index contributed by atoms with van der Waals surface area (Å²) in [5.74, 6) is -1.62. The number of aromatic nitrogens is 1. The van der Waals surface area contributed by atoms with Crippen LogP contribution in [-0.4, -0.2) is 33.6 Å². The predicted molar refractivity (Wildman–Crippen MR) is 79.7 cm³/mol. The van der Waals surface area contributed by atoms with Crippen LogP contribution in [0.15, 0.2) is 24.4 Å². The number of carbonyl (C=O) groups is 2. The third-order valence-corrected chi connectivity index (χ3v) is 3.51. The fourth-order valence-corrected chi connectivity index (χ4v) is 2.41. The molecule has 3 N–H and O–H groups in total. The number of rotatable bonds is 6. The molecule has 0 spiro atoms. The summed E-state index contributed by atoms with van der Waals surface area (Å²) in [5.41, 5.74) is 4.89. The zero-order valence-corrected chi connectivity index (χ0v) is 12.3. The van der Waals surface area contributed by atoms with Crippen LogP contribution in [0.3, 0.4) is 0 Å². The molecule has 1 amide bonds. The van der Waals surface area contributed by atoms with Crippen molar-refractivity contribution in [2.75, 3.05) is 7.11 Å².